The minimum Gasteiger partial charge on any atom is -0.0622 e. The smallest absolute Gasteiger partial charge is 0.00201 e. The Kier molecular flexibility index (Phi) is 8.61. The fourth-order valence-corrected chi connectivity index (χ4v) is 10.0. The van der Waals surface area contributed by atoms with Crippen LogP contribution in [0.25, 0.3) is 121 Å². The molecule has 0 saturated heterocycles. The van der Waals surface area contributed by atoms with Gasteiger partial charge in [-0.3, -0.25) is 0 Å². The van der Waals surface area contributed by atoms with Gasteiger partial charge in [0.1, 0.15) is 0 Å². The molecule has 0 aromatic heterocycles. The van der Waals surface area contributed by atoms with Gasteiger partial charge in [-0.05, 0) is 151 Å². The summed E-state index contributed by atoms with van der Waals surface area (Å²) in [5, 5.41) is 12.6. The van der Waals surface area contributed by atoms with Gasteiger partial charge in [0.15, 0.2) is 0 Å². The van der Waals surface area contributed by atoms with Crippen molar-refractivity contribution in [1.29, 1.82) is 0 Å². The normalized spacial score (nSPS) is 11.5. The van der Waals surface area contributed by atoms with Crippen molar-refractivity contribution in [3.63, 3.8) is 0 Å². The van der Waals surface area contributed by atoms with E-state index in [2.05, 4.69) is 243 Å². The molecule has 12 rings (SSSR count). The molecule has 62 heavy (non-hydrogen) atoms. The van der Waals surface area contributed by atoms with Crippen molar-refractivity contribution in [2.45, 2.75) is 0 Å². The summed E-state index contributed by atoms with van der Waals surface area (Å²) < 4.78 is 0. The molecular weight excluding hydrogens is 745 g/mol. The lowest BCUT2D eigenvalue weighted by atomic mass is 9.82. The van der Waals surface area contributed by atoms with Gasteiger partial charge in [-0.25, -0.2) is 0 Å². The topological polar surface area (TPSA) is 0 Å². The molecule has 0 aliphatic heterocycles. The SMILES string of the molecule is c1ccc(-c2cc(-c3ccccc3)c(-c3cccc(-c4c5ccccc5c(-c5cccc6c5ccc5cc7ccccc7cc56)c5ccccc45)c3)c(-c3ccccc3)c2)cc1. The van der Waals surface area contributed by atoms with Gasteiger partial charge in [0.05, 0.1) is 0 Å². The highest BCUT2D eigenvalue weighted by molar-refractivity contribution is 6.25. The van der Waals surface area contributed by atoms with Gasteiger partial charge >= 0.3 is 0 Å². The van der Waals surface area contributed by atoms with Crippen molar-refractivity contribution in [1.82, 2.24) is 0 Å². The maximum atomic E-state index is 2.43. The fourth-order valence-electron chi connectivity index (χ4n) is 10.0. The van der Waals surface area contributed by atoms with E-state index in [0.717, 1.165) is 0 Å². The molecule has 0 saturated carbocycles. The monoisotopic (exact) mass is 784 g/mol. The first-order chi connectivity index (χ1) is 30.8. The van der Waals surface area contributed by atoms with Gasteiger partial charge in [0.25, 0.3) is 0 Å². The van der Waals surface area contributed by atoms with Gasteiger partial charge in [-0.2, -0.15) is 0 Å². The maximum Gasteiger partial charge on any atom is -0.00201 e. The van der Waals surface area contributed by atoms with Crippen molar-refractivity contribution in [3.8, 4) is 66.8 Å². The molecule has 0 N–H and O–H groups in total. The standard InChI is InChI=1S/C62H40/c1-4-18-41(19-5-1)49-39-58(42-20-6-2-7-21-42)61(59(40-49)43-22-8-3-9-23-43)48-27-16-26-47(37-48)60-53-28-12-14-30-55(53)62(56-31-15-13-29-54(56)60)52-33-17-32-50-51(52)35-34-46-36-44-24-10-11-25-45(44)38-57(46)50/h1-40H. The molecule has 288 valence electrons. The van der Waals surface area contributed by atoms with Crippen LogP contribution in [-0.2, 0) is 0 Å². The van der Waals surface area contributed by atoms with Gasteiger partial charge in [0, 0.05) is 0 Å². The Hall–Kier alpha value is -8.06. The maximum absolute atomic E-state index is 2.43. The zero-order chi connectivity index (χ0) is 41.0. The largest absolute Gasteiger partial charge is 0.0622 e. The molecule has 0 radical (unpaired) electrons. The van der Waals surface area contributed by atoms with E-state index in [-0.39, 0.29) is 0 Å². The number of benzene rings is 12. The van der Waals surface area contributed by atoms with Crippen LogP contribution in [0.2, 0.25) is 0 Å². The van der Waals surface area contributed by atoms with Crippen LogP contribution in [0.4, 0.5) is 0 Å². The third kappa shape index (κ3) is 5.99. The Morgan fingerprint density at radius 2 is 0.613 bits per heavy atom. The molecular formula is C62H40. The van der Waals surface area contributed by atoms with Gasteiger partial charge in [0.2, 0.25) is 0 Å². The Labute approximate surface area is 361 Å². The molecule has 0 atom stereocenters. The van der Waals surface area contributed by atoms with E-state index in [4.69, 9.17) is 0 Å². The molecule has 0 heterocycles. The van der Waals surface area contributed by atoms with Gasteiger partial charge < -0.3 is 0 Å². The van der Waals surface area contributed by atoms with Crippen molar-refractivity contribution in [2.24, 2.45) is 0 Å². The van der Waals surface area contributed by atoms with Crippen LogP contribution in [0.1, 0.15) is 0 Å². The van der Waals surface area contributed by atoms with E-state index in [1.807, 2.05) is 0 Å². The van der Waals surface area contributed by atoms with Crippen LogP contribution in [0, 0.1) is 0 Å². The molecule has 0 unspecified atom stereocenters. The Bertz CT molecular complexity index is 3540. The van der Waals surface area contributed by atoms with Crippen LogP contribution in [0.5, 0.6) is 0 Å². The summed E-state index contributed by atoms with van der Waals surface area (Å²) in [6.07, 6.45) is 0. The summed E-state index contributed by atoms with van der Waals surface area (Å²) >= 11 is 0. The third-order valence-electron chi connectivity index (χ3n) is 12.8. The lowest BCUT2D eigenvalue weighted by Gasteiger charge is -2.21. The Balaban J connectivity index is 1.11. The Morgan fingerprint density at radius 3 is 1.21 bits per heavy atom. The minimum atomic E-state index is 1.19. The number of hydrogen-bond acceptors (Lipinski definition) is 0. The van der Waals surface area contributed by atoms with Crippen molar-refractivity contribution < 1.29 is 0 Å². The molecule has 0 bridgehead atoms. The van der Waals surface area contributed by atoms with Gasteiger partial charge in [-0.15, -0.1) is 0 Å². The molecule has 0 nitrogen and oxygen atoms in total. The summed E-state index contributed by atoms with van der Waals surface area (Å²) in [7, 11) is 0. The van der Waals surface area contributed by atoms with Crippen LogP contribution in [-0.4, -0.2) is 0 Å². The lowest BCUT2D eigenvalue weighted by molar-refractivity contribution is 1.54. The summed E-state index contributed by atoms with van der Waals surface area (Å²) in [5.41, 5.74) is 14.6. The first kappa shape index (κ1) is 35.8. The predicted molar refractivity (Wildman–Crippen MR) is 267 cm³/mol. The van der Waals surface area contributed by atoms with Crippen LogP contribution in [0.3, 0.4) is 0 Å². The molecule has 0 aliphatic rings. The molecule has 12 aromatic carbocycles. The van der Waals surface area contributed by atoms with Crippen molar-refractivity contribution in [2.75, 3.05) is 0 Å². The van der Waals surface area contributed by atoms with Crippen molar-refractivity contribution >= 4 is 53.9 Å². The summed E-state index contributed by atoms with van der Waals surface area (Å²) in [6, 6.07) is 89.5. The Morgan fingerprint density at radius 1 is 0.161 bits per heavy atom. The fraction of sp³-hybridized carbons (Fsp3) is 0. The zero-order valence-electron chi connectivity index (χ0n) is 34.1. The van der Waals surface area contributed by atoms with Crippen LogP contribution in [0.15, 0.2) is 243 Å². The summed E-state index contributed by atoms with van der Waals surface area (Å²) in [6.45, 7) is 0. The predicted octanol–water partition coefficient (Wildman–Crippen LogP) is 17.5. The second-order valence-electron chi connectivity index (χ2n) is 16.4. The average molecular weight is 785 g/mol. The first-order valence-electron chi connectivity index (χ1n) is 21.5. The van der Waals surface area contributed by atoms with E-state index in [0.29, 0.717) is 0 Å². The van der Waals surface area contributed by atoms with Crippen LogP contribution >= 0.6 is 0 Å². The molecule has 0 amide bonds. The zero-order valence-corrected chi connectivity index (χ0v) is 34.1. The number of fused-ring (bicyclic) bond motifs is 6. The minimum absolute atomic E-state index is 1.19. The highest BCUT2D eigenvalue weighted by Crippen LogP contribution is 2.48. The highest BCUT2D eigenvalue weighted by Gasteiger charge is 2.21. The lowest BCUT2D eigenvalue weighted by Crippen LogP contribution is -1.94. The third-order valence-corrected chi connectivity index (χ3v) is 12.8. The number of rotatable bonds is 6. The van der Waals surface area contributed by atoms with Crippen molar-refractivity contribution in [3.05, 3.63) is 243 Å². The summed E-state index contributed by atoms with van der Waals surface area (Å²) in [5.74, 6) is 0. The first-order valence-corrected chi connectivity index (χ1v) is 21.5. The molecule has 0 fully saturated rings. The van der Waals surface area contributed by atoms with E-state index in [9.17, 15) is 0 Å². The second-order valence-corrected chi connectivity index (χ2v) is 16.4. The van der Waals surface area contributed by atoms with E-state index < -0.39 is 0 Å². The molecule has 12 aromatic rings. The average Bonchev–Trinajstić information content (AvgIpc) is 3.35. The summed E-state index contributed by atoms with van der Waals surface area (Å²) in [4.78, 5) is 0. The quantitative estimate of drug-likeness (QED) is 0.116. The molecule has 0 spiro atoms. The molecule has 0 aliphatic carbocycles. The van der Waals surface area contributed by atoms with E-state index in [1.54, 1.807) is 0 Å². The molecule has 0 heteroatoms. The number of hydrogen-bond donors (Lipinski definition) is 0. The van der Waals surface area contributed by atoms with E-state index in [1.165, 1.54) is 121 Å². The van der Waals surface area contributed by atoms with Crippen LogP contribution < -0.4 is 0 Å². The van der Waals surface area contributed by atoms with Gasteiger partial charge in [-0.1, -0.05) is 212 Å². The van der Waals surface area contributed by atoms with E-state index >= 15 is 0 Å². The second kappa shape index (κ2) is 14.9. The highest BCUT2D eigenvalue weighted by atomic mass is 14.2.